The average Bonchev–Trinajstić information content (AvgIpc) is 3.45. The van der Waals surface area contributed by atoms with Gasteiger partial charge in [0.05, 0.1) is 5.52 Å². The zero-order valence-corrected chi connectivity index (χ0v) is 22.3. The summed E-state index contributed by atoms with van der Waals surface area (Å²) in [6.07, 6.45) is 5.52. The molecule has 7 rings (SSSR count). The number of nitrogens with zero attached hydrogens (tertiary/aromatic N) is 2. The van der Waals surface area contributed by atoms with Crippen LogP contribution in [0.25, 0.3) is 45.4 Å². The predicted molar refractivity (Wildman–Crippen MR) is 138 cm³/mol. The number of fused-ring (bicyclic) bond motifs is 3. The second-order valence-corrected chi connectivity index (χ2v) is 9.70. The van der Waals surface area contributed by atoms with Crippen molar-refractivity contribution in [3.05, 3.63) is 113 Å². The van der Waals surface area contributed by atoms with E-state index in [9.17, 15) is 13.2 Å². The molecule has 1 radical (unpaired) electrons. The van der Waals surface area contributed by atoms with Crippen LogP contribution < -0.4 is 0 Å². The number of pyridine rings is 2. The van der Waals surface area contributed by atoms with Crippen molar-refractivity contribution in [3.63, 3.8) is 0 Å². The Labute approximate surface area is 226 Å². The molecule has 6 nitrogen and oxygen atoms in total. The van der Waals surface area contributed by atoms with Crippen molar-refractivity contribution >= 4 is 39.0 Å². The third-order valence-corrected chi connectivity index (χ3v) is 6.95. The molecule has 2 aliphatic carbocycles. The van der Waals surface area contributed by atoms with Crippen molar-refractivity contribution in [1.82, 2.24) is 9.97 Å². The SMILES string of the molecule is O=C1c2ccccc2-c2cc[c-]c(-c3cc4c5c(cccc5n3)C=C4)c21.O=S(=O)(O)c1ccccn1.[Ir]. The smallest absolute Gasteiger partial charge is 0.300 e. The molecule has 183 valence electrons. The van der Waals surface area contributed by atoms with Crippen LogP contribution in [0.5, 0.6) is 0 Å². The maximum absolute atomic E-state index is 13.0. The molecule has 0 amide bonds. The monoisotopic (exact) mass is 682 g/mol. The molecule has 0 saturated carbocycles. The molecule has 3 aromatic carbocycles. The van der Waals surface area contributed by atoms with Crippen LogP contribution in [0.1, 0.15) is 27.0 Å². The second-order valence-electron chi connectivity index (χ2n) is 8.33. The molecule has 0 aliphatic heterocycles. The molecule has 0 bridgehead atoms. The van der Waals surface area contributed by atoms with Crippen molar-refractivity contribution in [3.8, 4) is 22.4 Å². The molecular weight excluding hydrogens is 665 g/mol. The average molecular weight is 682 g/mol. The van der Waals surface area contributed by atoms with Crippen molar-refractivity contribution < 1.29 is 37.9 Å². The van der Waals surface area contributed by atoms with Gasteiger partial charge in [-0.1, -0.05) is 71.8 Å². The number of carbonyl (C=O) groups excluding carboxylic acids is 1. The molecule has 0 atom stereocenters. The van der Waals surface area contributed by atoms with E-state index in [1.807, 2.05) is 48.5 Å². The van der Waals surface area contributed by atoms with Gasteiger partial charge in [0, 0.05) is 37.3 Å². The van der Waals surface area contributed by atoms with Crippen LogP contribution >= 0.6 is 0 Å². The van der Waals surface area contributed by atoms with Gasteiger partial charge >= 0.3 is 10.1 Å². The standard InChI is InChI=1S/C24H12NO.C5H5NO3S.Ir/c26-24-18-7-2-1-6-16(18)17-8-4-9-19(23(17)24)21-13-15-12-11-14-5-3-10-20(25-21)22(14)15;7-10(8,9)5-3-1-2-4-6-5;/h1-8,10-13H;1-4H,(H,7,8,9);/q-1;;. The Morgan fingerprint density at radius 2 is 1.57 bits per heavy atom. The first-order valence-corrected chi connectivity index (χ1v) is 12.6. The van der Waals surface area contributed by atoms with Crippen LogP contribution in [0.3, 0.4) is 0 Å². The van der Waals surface area contributed by atoms with Crippen LogP contribution in [-0.4, -0.2) is 28.7 Å². The quantitative estimate of drug-likeness (QED) is 0.185. The van der Waals surface area contributed by atoms with Crippen LogP contribution in [-0.2, 0) is 30.2 Å². The fourth-order valence-corrected chi connectivity index (χ4v) is 5.08. The Balaban J connectivity index is 0.000000218. The van der Waals surface area contributed by atoms with E-state index in [-0.39, 0.29) is 30.9 Å². The summed E-state index contributed by atoms with van der Waals surface area (Å²) in [5.74, 6) is 0.0602. The third kappa shape index (κ3) is 4.34. The molecule has 2 aliphatic rings. The van der Waals surface area contributed by atoms with Gasteiger partial charge in [-0.15, -0.1) is 23.8 Å². The molecular formula is C29H17IrN2O4S-. The van der Waals surface area contributed by atoms with Crippen LogP contribution in [0.4, 0.5) is 0 Å². The van der Waals surface area contributed by atoms with E-state index in [1.165, 1.54) is 29.3 Å². The number of carbonyl (C=O) groups is 1. The van der Waals surface area contributed by atoms with E-state index < -0.39 is 10.1 Å². The summed E-state index contributed by atoms with van der Waals surface area (Å²) in [7, 11) is -4.11. The van der Waals surface area contributed by atoms with E-state index in [2.05, 4.69) is 35.3 Å². The van der Waals surface area contributed by atoms with Gasteiger partial charge in [-0.25, -0.2) is 4.98 Å². The normalized spacial score (nSPS) is 12.4. The van der Waals surface area contributed by atoms with Gasteiger partial charge in [-0.05, 0) is 40.6 Å². The van der Waals surface area contributed by atoms with E-state index in [0.717, 1.165) is 39.0 Å². The minimum Gasteiger partial charge on any atom is -0.300 e. The Morgan fingerprint density at radius 1 is 0.811 bits per heavy atom. The topological polar surface area (TPSA) is 97.2 Å². The molecule has 37 heavy (non-hydrogen) atoms. The van der Waals surface area contributed by atoms with Crippen molar-refractivity contribution in [1.29, 1.82) is 0 Å². The number of benzene rings is 3. The zero-order valence-electron chi connectivity index (χ0n) is 19.0. The first kappa shape index (κ1) is 24.9. The molecule has 0 spiro atoms. The summed E-state index contributed by atoms with van der Waals surface area (Å²) in [6.45, 7) is 0. The number of rotatable bonds is 2. The van der Waals surface area contributed by atoms with E-state index in [4.69, 9.17) is 9.54 Å². The molecule has 2 aromatic heterocycles. The molecule has 0 unspecified atom stereocenters. The third-order valence-electron chi connectivity index (χ3n) is 6.18. The van der Waals surface area contributed by atoms with E-state index >= 15 is 0 Å². The fraction of sp³-hybridized carbons (Fsp3) is 0. The first-order chi connectivity index (χ1) is 17.4. The largest absolute Gasteiger partial charge is 0.312 e. The number of aromatic nitrogens is 2. The second kappa shape index (κ2) is 9.57. The maximum Gasteiger partial charge on any atom is 0.312 e. The molecule has 2 heterocycles. The summed E-state index contributed by atoms with van der Waals surface area (Å²) in [6, 6.07) is 27.4. The van der Waals surface area contributed by atoms with E-state index in [0.29, 0.717) is 5.56 Å². The first-order valence-electron chi connectivity index (χ1n) is 11.1. The molecule has 5 aromatic rings. The van der Waals surface area contributed by atoms with Gasteiger partial charge in [0.15, 0.2) is 10.8 Å². The molecule has 8 heteroatoms. The Bertz CT molecular complexity index is 1830. The zero-order chi connectivity index (χ0) is 24.9. The summed E-state index contributed by atoms with van der Waals surface area (Å²) >= 11 is 0. The van der Waals surface area contributed by atoms with Gasteiger partial charge in [0.1, 0.15) is 0 Å². The Hall–Kier alpha value is -3.81. The van der Waals surface area contributed by atoms with Gasteiger partial charge in [-0.3, -0.25) is 14.3 Å². The fourth-order valence-electron chi connectivity index (χ4n) is 4.64. The number of hydrogen-bond donors (Lipinski definition) is 1. The number of hydrogen-bond acceptors (Lipinski definition) is 5. The van der Waals surface area contributed by atoms with Crippen LogP contribution in [0.2, 0.25) is 0 Å². The van der Waals surface area contributed by atoms with Gasteiger partial charge in [-0.2, -0.15) is 8.42 Å². The van der Waals surface area contributed by atoms with Crippen LogP contribution in [0, 0.1) is 6.07 Å². The number of ketones is 1. The minimum absolute atomic E-state index is 0. The van der Waals surface area contributed by atoms with Crippen molar-refractivity contribution in [2.24, 2.45) is 0 Å². The van der Waals surface area contributed by atoms with Gasteiger partial charge in [0.25, 0.3) is 0 Å². The van der Waals surface area contributed by atoms with E-state index in [1.54, 1.807) is 6.07 Å². The summed E-state index contributed by atoms with van der Waals surface area (Å²) in [5.41, 5.74) is 8.33. The molecule has 1 N–H and O–H groups in total. The maximum atomic E-state index is 13.0. The van der Waals surface area contributed by atoms with Gasteiger partial charge in [0.2, 0.25) is 0 Å². The predicted octanol–water partition coefficient (Wildman–Crippen LogP) is 5.72. The summed E-state index contributed by atoms with van der Waals surface area (Å²) < 4.78 is 29.1. The summed E-state index contributed by atoms with van der Waals surface area (Å²) in [5, 5.41) is 0.855. The Kier molecular flexibility index (Phi) is 6.43. The minimum atomic E-state index is -4.11. The molecule has 0 fully saturated rings. The van der Waals surface area contributed by atoms with Gasteiger partial charge < -0.3 is 0 Å². The van der Waals surface area contributed by atoms with Crippen molar-refractivity contribution in [2.75, 3.05) is 0 Å². The summed E-state index contributed by atoms with van der Waals surface area (Å²) in [4.78, 5) is 21.3. The van der Waals surface area contributed by atoms with Crippen molar-refractivity contribution in [2.45, 2.75) is 5.03 Å². The Morgan fingerprint density at radius 3 is 2.30 bits per heavy atom. The van der Waals surface area contributed by atoms with Crippen LogP contribution in [0.15, 0.2) is 90.1 Å². The molecule has 0 saturated heterocycles.